The van der Waals surface area contributed by atoms with Gasteiger partial charge in [-0.1, -0.05) is 19.9 Å². The lowest BCUT2D eigenvalue weighted by molar-refractivity contribution is -0.198. The van der Waals surface area contributed by atoms with Gasteiger partial charge in [-0.3, -0.25) is 33.6 Å². The van der Waals surface area contributed by atoms with Crippen LogP contribution in [0.3, 0.4) is 0 Å². The molecule has 2 saturated carbocycles. The summed E-state index contributed by atoms with van der Waals surface area (Å²) >= 11 is 0. The third-order valence-electron chi connectivity index (χ3n) is 8.12. The van der Waals surface area contributed by atoms with Crippen LogP contribution in [0.1, 0.15) is 48.5 Å². The normalized spacial score (nSPS) is 31.2. The second-order valence-corrected chi connectivity index (χ2v) is 10.8. The Morgan fingerprint density at radius 2 is 1.80 bits per heavy atom. The number of rotatable bonds is 6. The smallest absolute Gasteiger partial charge is 0.305 e. The number of likely N-dealkylation sites (N-methyl/N-ethyl adjacent to an activating group) is 1. The minimum atomic E-state index is -3.02. The van der Waals surface area contributed by atoms with Gasteiger partial charge in [0.15, 0.2) is 34.7 Å². The number of aromatic hydroxyl groups is 1. The predicted molar refractivity (Wildman–Crippen MR) is 136 cm³/mol. The van der Waals surface area contributed by atoms with Gasteiger partial charge in [0, 0.05) is 24.7 Å². The van der Waals surface area contributed by atoms with E-state index in [-0.39, 0.29) is 29.8 Å². The van der Waals surface area contributed by atoms with Crippen LogP contribution >= 0.6 is 0 Å². The summed E-state index contributed by atoms with van der Waals surface area (Å²) in [4.78, 5) is 92.2. The van der Waals surface area contributed by atoms with Crippen molar-refractivity contribution in [3.05, 3.63) is 23.3 Å². The van der Waals surface area contributed by atoms with E-state index >= 15 is 0 Å². The van der Waals surface area contributed by atoms with E-state index < -0.39 is 94.4 Å². The lowest BCUT2D eigenvalue weighted by Gasteiger charge is -2.53. The van der Waals surface area contributed by atoms with Gasteiger partial charge in [-0.15, -0.1) is 0 Å². The highest BCUT2D eigenvalue weighted by molar-refractivity contribution is 6.31. The molecule has 214 valence electrons. The number of anilines is 1. The van der Waals surface area contributed by atoms with Gasteiger partial charge in [0.1, 0.15) is 11.9 Å². The molecule has 13 nitrogen and oxygen atoms in total. The molecule has 2 fully saturated rings. The zero-order chi connectivity index (χ0) is 29.8. The highest BCUT2D eigenvalue weighted by Gasteiger charge is 2.71. The molecule has 5 N–H and O–H groups in total. The summed E-state index contributed by atoms with van der Waals surface area (Å²) in [6, 6.07) is 2.88. The van der Waals surface area contributed by atoms with E-state index in [2.05, 4.69) is 5.32 Å². The number of ketones is 4. The van der Waals surface area contributed by atoms with E-state index in [0.717, 1.165) is 0 Å². The number of fused-ring (bicyclic) bond motifs is 3. The van der Waals surface area contributed by atoms with Gasteiger partial charge in [-0.2, -0.15) is 0 Å². The lowest BCUT2D eigenvalue weighted by atomic mass is 9.50. The fourth-order valence-electron chi connectivity index (χ4n) is 6.30. The van der Waals surface area contributed by atoms with Gasteiger partial charge >= 0.3 is 5.97 Å². The molecule has 1 aromatic rings. The Bertz CT molecular complexity index is 1350. The topological polar surface area (TPSA) is 210 Å². The Morgan fingerprint density at radius 1 is 1.15 bits per heavy atom. The number of ether oxygens (including phenoxy) is 1. The minimum absolute atomic E-state index is 0.0230. The summed E-state index contributed by atoms with van der Waals surface area (Å²) in [6.45, 7) is 3.09. The first-order valence-electron chi connectivity index (χ1n) is 12.8. The van der Waals surface area contributed by atoms with Crippen molar-refractivity contribution < 1.29 is 48.5 Å². The summed E-state index contributed by atoms with van der Waals surface area (Å²) in [5.41, 5.74) is 2.12. The lowest BCUT2D eigenvalue weighted by Crippen LogP contribution is -2.73. The Kier molecular flexibility index (Phi) is 7.41. The molecule has 0 saturated heterocycles. The van der Waals surface area contributed by atoms with Crippen molar-refractivity contribution in [2.24, 2.45) is 29.4 Å². The number of nitrogens with one attached hydrogen (secondary N) is 1. The largest absolute Gasteiger partial charge is 0.505 e. The van der Waals surface area contributed by atoms with E-state index in [1.54, 1.807) is 25.9 Å². The van der Waals surface area contributed by atoms with Gasteiger partial charge in [-0.25, -0.2) is 0 Å². The molecule has 3 aliphatic carbocycles. The average Bonchev–Trinajstić information content (AvgIpc) is 2.86. The Labute approximate surface area is 229 Å². The highest BCUT2D eigenvalue weighted by atomic mass is 16.5. The molecule has 0 aliphatic heterocycles. The summed E-state index contributed by atoms with van der Waals surface area (Å²) in [5, 5.41) is 25.2. The number of esters is 1. The average molecular weight is 558 g/mol. The molecule has 13 heteroatoms. The number of phenolic OH excluding ortho intramolecular Hbond substituents is 1. The predicted octanol–water partition coefficient (Wildman–Crippen LogP) is -0.680. The van der Waals surface area contributed by atoms with Gasteiger partial charge in [-0.05, 0) is 31.6 Å². The zero-order valence-electron chi connectivity index (χ0n) is 22.4. The number of Topliss-reactive ketones (excluding diaryl/α,β-unsaturated/α-hetero) is 4. The number of carbonyl (C=O) groups excluding carboxylic acids is 7. The second kappa shape index (κ2) is 10.2. The molecule has 0 radical (unpaired) electrons. The summed E-state index contributed by atoms with van der Waals surface area (Å²) in [6.07, 6.45) is -2.22. The molecule has 2 unspecified atom stereocenters. The molecule has 3 aliphatic rings. The molecule has 2 amide bonds. The number of aliphatic hydroxyl groups is 1. The first-order chi connectivity index (χ1) is 18.7. The molecular weight excluding hydrogens is 526 g/mol. The molecule has 0 aromatic heterocycles. The molecule has 7 atom stereocenters. The van der Waals surface area contributed by atoms with Crippen LogP contribution in [0.15, 0.2) is 12.1 Å². The van der Waals surface area contributed by atoms with E-state index in [0.29, 0.717) is 0 Å². The third kappa shape index (κ3) is 4.29. The highest BCUT2D eigenvalue weighted by Crippen LogP contribution is 2.55. The van der Waals surface area contributed by atoms with Crippen molar-refractivity contribution in [1.29, 1.82) is 0 Å². The Morgan fingerprint density at radius 3 is 2.38 bits per heavy atom. The van der Waals surface area contributed by atoms with Crippen molar-refractivity contribution >= 4 is 46.6 Å². The molecule has 0 bridgehead atoms. The SMILES string of the molecule is CCC(=O)O[C@H]1[C@H]2C(C(=O)c3c(ccc(NC(=O)CN(C)C)c3O)[C@@H]2C)C(=O)[C@]2(O)C(=O)C(C(N)=O)C(=O)C[C@H]12. The summed E-state index contributed by atoms with van der Waals surface area (Å²) in [7, 11) is 3.32. The molecule has 0 spiro atoms. The van der Waals surface area contributed by atoms with Crippen molar-refractivity contribution in [3.63, 3.8) is 0 Å². The van der Waals surface area contributed by atoms with Crippen LogP contribution in [0.4, 0.5) is 5.69 Å². The fourth-order valence-corrected chi connectivity index (χ4v) is 6.30. The van der Waals surface area contributed by atoms with Crippen LogP contribution in [0.2, 0.25) is 0 Å². The van der Waals surface area contributed by atoms with Crippen LogP contribution in [0.5, 0.6) is 5.75 Å². The van der Waals surface area contributed by atoms with Crippen molar-refractivity contribution in [3.8, 4) is 5.75 Å². The first kappa shape index (κ1) is 29.0. The number of phenols is 1. The first-order valence-corrected chi connectivity index (χ1v) is 12.8. The van der Waals surface area contributed by atoms with Gasteiger partial charge < -0.3 is 30.9 Å². The van der Waals surface area contributed by atoms with Crippen LogP contribution in [-0.4, -0.2) is 88.4 Å². The third-order valence-corrected chi connectivity index (χ3v) is 8.12. The number of amides is 2. The molecule has 40 heavy (non-hydrogen) atoms. The number of carbonyl (C=O) groups is 7. The molecule has 4 rings (SSSR count). The molecule has 1 aromatic carbocycles. The van der Waals surface area contributed by atoms with Crippen LogP contribution in [0, 0.1) is 23.7 Å². The van der Waals surface area contributed by atoms with Crippen LogP contribution in [0.25, 0.3) is 0 Å². The number of nitrogens with zero attached hydrogens (tertiary/aromatic N) is 1. The Hall–Kier alpha value is -3.97. The number of hydrogen-bond donors (Lipinski definition) is 4. The van der Waals surface area contributed by atoms with E-state index in [9.17, 15) is 43.8 Å². The van der Waals surface area contributed by atoms with Gasteiger partial charge in [0.25, 0.3) is 0 Å². The van der Waals surface area contributed by atoms with E-state index in [1.807, 2.05) is 0 Å². The van der Waals surface area contributed by atoms with Gasteiger partial charge in [0.05, 0.1) is 23.7 Å². The van der Waals surface area contributed by atoms with Crippen molar-refractivity contribution in [2.45, 2.75) is 44.3 Å². The van der Waals surface area contributed by atoms with Crippen molar-refractivity contribution in [1.82, 2.24) is 4.90 Å². The van der Waals surface area contributed by atoms with Gasteiger partial charge in [0.2, 0.25) is 11.8 Å². The number of hydrogen-bond acceptors (Lipinski definition) is 11. The maximum atomic E-state index is 13.9. The quantitative estimate of drug-likeness (QED) is 0.195. The standard InChI is InChI=1S/C27H31N3O10/c1-5-16(33)40-23-12-8-14(31)19(26(28)38)24(36)27(12,39)25(37)20-17(23)10(2)11-6-7-13(21(34)18(11)22(20)35)29-15(32)9-30(3)4/h6-7,10,12,17,19-20,23,34,39H,5,8-9H2,1-4H3,(H2,28,38)(H,29,32)/t10-,12+,17+,19?,20?,23+,27+/m0/s1. The van der Waals surface area contributed by atoms with Crippen LogP contribution < -0.4 is 11.1 Å². The fraction of sp³-hybridized carbons (Fsp3) is 0.519. The number of benzene rings is 1. The molecule has 0 heterocycles. The summed E-state index contributed by atoms with van der Waals surface area (Å²) in [5.74, 6) is -15.1. The Balaban J connectivity index is 1.87. The van der Waals surface area contributed by atoms with E-state index in [4.69, 9.17) is 10.5 Å². The van der Waals surface area contributed by atoms with E-state index in [1.165, 1.54) is 19.1 Å². The maximum Gasteiger partial charge on any atom is 0.305 e. The van der Waals surface area contributed by atoms with Crippen LogP contribution in [-0.2, 0) is 33.5 Å². The minimum Gasteiger partial charge on any atom is -0.505 e. The monoisotopic (exact) mass is 557 g/mol. The number of nitrogens with two attached hydrogens (primary N) is 1. The van der Waals surface area contributed by atoms with Crippen molar-refractivity contribution in [2.75, 3.05) is 26.0 Å². The summed E-state index contributed by atoms with van der Waals surface area (Å²) < 4.78 is 5.61. The molecular formula is C27H31N3O10. The maximum absolute atomic E-state index is 13.9. The second-order valence-electron chi connectivity index (χ2n) is 10.8. The number of primary amides is 1. The zero-order valence-corrected chi connectivity index (χ0v) is 22.4.